The molecule has 4 heteroatoms. The van der Waals surface area contributed by atoms with Crippen LogP contribution >= 0.6 is 0 Å². The van der Waals surface area contributed by atoms with Gasteiger partial charge in [-0.15, -0.1) is 0 Å². The Labute approximate surface area is 72.4 Å². The molecule has 0 aromatic carbocycles. The topological polar surface area (TPSA) is 47.0 Å². The molecule has 0 unspecified atom stereocenters. The number of rotatable bonds is 2. The van der Waals surface area contributed by atoms with Crippen molar-refractivity contribution in [1.29, 1.82) is 0 Å². The Morgan fingerprint density at radius 2 is 2.17 bits per heavy atom. The molecule has 3 nitrogen and oxygen atoms in total. The van der Waals surface area contributed by atoms with Gasteiger partial charge >= 0.3 is 0 Å². The molecule has 1 rings (SSSR count). The van der Waals surface area contributed by atoms with Crippen LogP contribution in [0.5, 0.6) is 0 Å². The molecular weight excluding hydrogens is 174 g/mol. The van der Waals surface area contributed by atoms with Crippen LogP contribution in [0.3, 0.4) is 0 Å². The smallest absolute Gasteiger partial charge is 0.182 e. The van der Waals surface area contributed by atoms with Crippen LogP contribution in [0.4, 0.5) is 0 Å². The Morgan fingerprint density at radius 1 is 1.50 bits per heavy atom. The van der Waals surface area contributed by atoms with E-state index in [1.54, 1.807) is 19.9 Å². The van der Waals surface area contributed by atoms with Gasteiger partial charge < -0.3 is 0 Å². The molecule has 0 atom stereocenters. The zero-order chi connectivity index (χ0) is 9.19. The fourth-order valence-electron chi connectivity index (χ4n) is 0.724. The Balaban J connectivity index is 3.17. The third-order valence-electron chi connectivity index (χ3n) is 1.51. The molecule has 0 spiro atoms. The molecule has 0 bridgehead atoms. The Morgan fingerprint density at radius 3 is 2.58 bits per heavy atom. The van der Waals surface area contributed by atoms with Gasteiger partial charge in [0.1, 0.15) is 6.20 Å². The van der Waals surface area contributed by atoms with Crippen LogP contribution in [0.25, 0.3) is 0 Å². The summed E-state index contributed by atoms with van der Waals surface area (Å²) in [6, 6.07) is 3.09. The van der Waals surface area contributed by atoms with E-state index in [0.717, 1.165) is 0 Å². The van der Waals surface area contributed by atoms with Crippen molar-refractivity contribution in [1.82, 2.24) is 4.98 Å². The highest BCUT2D eigenvalue weighted by molar-refractivity contribution is 7.92. The molecule has 0 saturated heterocycles. The van der Waals surface area contributed by atoms with Crippen molar-refractivity contribution >= 4 is 9.84 Å². The summed E-state index contributed by atoms with van der Waals surface area (Å²) in [5, 5.41) is -0.419. The summed E-state index contributed by atoms with van der Waals surface area (Å²) in [6.07, 6.45) is 3.95. The summed E-state index contributed by atoms with van der Waals surface area (Å²) >= 11 is 0. The Bertz CT molecular complexity index is 343. The number of hydrogen-bond donors (Lipinski definition) is 0. The average molecular weight is 184 g/mol. The summed E-state index contributed by atoms with van der Waals surface area (Å²) in [6.45, 7) is 3.27. The second kappa shape index (κ2) is 3.23. The van der Waals surface area contributed by atoms with Crippen molar-refractivity contribution in [2.75, 3.05) is 0 Å². The molecular formula is C8H10NO2S. The third kappa shape index (κ3) is 1.64. The maximum atomic E-state index is 11.5. The minimum Gasteiger partial charge on any atom is -0.253 e. The van der Waals surface area contributed by atoms with Gasteiger partial charge in [0.2, 0.25) is 0 Å². The molecule has 0 aliphatic carbocycles. The lowest BCUT2D eigenvalue weighted by molar-refractivity contribution is 0.587. The SMILES string of the molecule is CC(C)S(=O)(=O)c1[c]nccc1. The summed E-state index contributed by atoms with van der Waals surface area (Å²) in [4.78, 5) is 3.80. The third-order valence-corrected chi connectivity index (χ3v) is 3.59. The molecule has 1 aromatic rings. The first-order valence-electron chi connectivity index (χ1n) is 3.62. The predicted octanol–water partition coefficient (Wildman–Crippen LogP) is 1.06. The molecule has 65 valence electrons. The van der Waals surface area contributed by atoms with Gasteiger partial charge in [-0.25, -0.2) is 8.42 Å². The molecule has 1 heterocycles. The lowest BCUT2D eigenvalue weighted by Gasteiger charge is -2.05. The molecule has 0 aliphatic heterocycles. The van der Waals surface area contributed by atoms with Gasteiger partial charge in [-0.1, -0.05) is 0 Å². The summed E-state index contributed by atoms with van der Waals surface area (Å²) in [5.74, 6) is 0. The van der Waals surface area contributed by atoms with Crippen LogP contribution in [0.1, 0.15) is 13.8 Å². The molecule has 0 N–H and O–H groups in total. The number of pyridine rings is 1. The molecule has 0 saturated carbocycles. The van der Waals surface area contributed by atoms with Crippen molar-refractivity contribution in [3.63, 3.8) is 0 Å². The fourth-order valence-corrected chi connectivity index (χ4v) is 1.68. The van der Waals surface area contributed by atoms with E-state index in [1.807, 2.05) is 0 Å². The van der Waals surface area contributed by atoms with Crippen molar-refractivity contribution in [2.24, 2.45) is 0 Å². The quantitative estimate of drug-likeness (QED) is 0.690. The van der Waals surface area contributed by atoms with E-state index in [-0.39, 0.29) is 4.90 Å². The number of sulfone groups is 1. The Kier molecular flexibility index (Phi) is 2.47. The summed E-state index contributed by atoms with van der Waals surface area (Å²) < 4.78 is 22.9. The highest BCUT2D eigenvalue weighted by Gasteiger charge is 2.18. The molecule has 0 amide bonds. The monoisotopic (exact) mass is 184 g/mol. The fraction of sp³-hybridized carbons (Fsp3) is 0.375. The first-order valence-corrected chi connectivity index (χ1v) is 5.16. The zero-order valence-corrected chi connectivity index (χ0v) is 7.80. The lowest BCUT2D eigenvalue weighted by atomic mass is 10.5. The molecule has 0 aliphatic rings. The maximum absolute atomic E-state index is 11.5. The highest BCUT2D eigenvalue weighted by atomic mass is 32.2. The molecule has 12 heavy (non-hydrogen) atoms. The van der Waals surface area contributed by atoms with E-state index in [0.29, 0.717) is 0 Å². The van der Waals surface area contributed by atoms with Gasteiger partial charge in [0.15, 0.2) is 9.84 Å². The first kappa shape index (κ1) is 9.19. The molecule has 1 aromatic heterocycles. The van der Waals surface area contributed by atoms with Crippen LogP contribution in [0.15, 0.2) is 23.2 Å². The normalized spacial score (nSPS) is 11.9. The molecule has 1 radical (unpaired) electrons. The van der Waals surface area contributed by atoms with E-state index in [9.17, 15) is 8.42 Å². The van der Waals surface area contributed by atoms with Crippen molar-refractivity contribution < 1.29 is 8.42 Å². The van der Waals surface area contributed by atoms with Gasteiger partial charge in [0, 0.05) is 6.20 Å². The van der Waals surface area contributed by atoms with Gasteiger partial charge in [0.25, 0.3) is 0 Å². The van der Waals surface area contributed by atoms with Crippen LogP contribution in [0.2, 0.25) is 0 Å². The van der Waals surface area contributed by atoms with Crippen molar-refractivity contribution in [3.05, 3.63) is 24.5 Å². The maximum Gasteiger partial charge on any atom is 0.182 e. The standard InChI is InChI=1S/C8H10NO2S/c1-7(2)12(10,11)8-4-3-5-9-6-8/h3-5,7H,1-2H3. The van der Waals surface area contributed by atoms with E-state index < -0.39 is 15.1 Å². The van der Waals surface area contributed by atoms with Crippen LogP contribution in [-0.4, -0.2) is 18.7 Å². The highest BCUT2D eigenvalue weighted by Crippen LogP contribution is 2.12. The van der Waals surface area contributed by atoms with Crippen LogP contribution in [0, 0.1) is 6.20 Å². The second-order valence-electron chi connectivity index (χ2n) is 2.71. The lowest BCUT2D eigenvalue weighted by Crippen LogP contribution is -2.14. The van der Waals surface area contributed by atoms with Gasteiger partial charge in [-0.05, 0) is 26.0 Å². The predicted molar refractivity (Wildman–Crippen MR) is 45.4 cm³/mol. The zero-order valence-electron chi connectivity index (χ0n) is 6.98. The number of nitrogens with zero attached hydrogens (tertiary/aromatic N) is 1. The van der Waals surface area contributed by atoms with Gasteiger partial charge in [0.05, 0.1) is 10.1 Å². The minimum atomic E-state index is -3.19. The van der Waals surface area contributed by atoms with Gasteiger partial charge in [-0.2, -0.15) is 0 Å². The largest absolute Gasteiger partial charge is 0.253 e. The van der Waals surface area contributed by atoms with Crippen LogP contribution < -0.4 is 0 Å². The minimum absolute atomic E-state index is 0.167. The Hall–Kier alpha value is -0.900. The average Bonchev–Trinajstić information content (AvgIpc) is 2.06. The second-order valence-corrected chi connectivity index (χ2v) is 5.18. The van der Waals surface area contributed by atoms with E-state index >= 15 is 0 Å². The van der Waals surface area contributed by atoms with Crippen molar-refractivity contribution in [3.8, 4) is 0 Å². The van der Waals surface area contributed by atoms with Gasteiger partial charge in [-0.3, -0.25) is 4.98 Å². The van der Waals surface area contributed by atoms with E-state index in [4.69, 9.17) is 0 Å². The number of hydrogen-bond acceptors (Lipinski definition) is 3. The van der Waals surface area contributed by atoms with Crippen LogP contribution in [-0.2, 0) is 9.84 Å². The summed E-state index contributed by atoms with van der Waals surface area (Å²) in [7, 11) is -3.19. The van der Waals surface area contributed by atoms with Crippen molar-refractivity contribution in [2.45, 2.75) is 24.0 Å². The number of aromatic nitrogens is 1. The summed E-state index contributed by atoms with van der Waals surface area (Å²) in [5.41, 5.74) is 0. The first-order chi connectivity index (χ1) is 5.55. The van der Waals surface area contributed by atoms with E-state index in [1.165, 1.54) is 12.3 Å². The van der Waals surface area contributed by atoms with E-state index in [2.05, 4.69) is 11.2 Å². The molecule has 0 fully saturated rings.